The van der Waals surface area contributed by atoms with Crippen LogP contribution in [-0.4, -0.2) is 18.4 Å². The molecule has 5 nitrogen and oxygen atoms in total. The molecule has 0 aliphatic carbocycles. The van der Waals surface area contributed by atoms with Gasteiger partial charge in [0.15, 0.2) is 0 Å². The van der Waals surface area contributed by atoms with Crippen molar-refractivity contribution in [3.8, 4) is 5.75 Å². The van der Waals surface area contributed by atoms with Gasteiger partial charge in [0.2, 0.25) is 0 Å². The number of hydrogen-bond donors (Lipinski definition) is 2. The Bertz CT molecular complexity index is 1050. The minimum atomic E-state index is -0.427. The Hall–Kier alpha value is -3.02. The number of halogens is 2. The standard InChI is InChI=1S/C23H20Cl2N2O3/c1-2-30-17-10-7-15(8-11-17)14-26-22(28)19-5-3-4-6-21(19)27-23(29)18-12-9-16(24)13-20(18)25/h3-13H,2,14H2,1H3,(H,26,28)(H,27,29). The quantitative estimate of drug-likeness (QED) is 0.502. The van der Waals surface area contributed by atoms with Crippen molar-refractivity contribution in [3.05, 3.63) is 93.5 Å². The van der Waals surface area contributed by atoms with E-state index < -0.39 is 5.91 Å². The summed E-state index contributed by atoms with van der Waals surface area (Å²) in [6, 6.07) is 18.9. The smallest absolute Gasteiger partial charge is 0.257 e. The molecule has 30 heavy (non-hydrogen) atoms. The van der Waals surface area contributed by atoms with E-state index in [2.05, 4.69) is 10.6 Å². The molecule has 0 bridgehead atoms. The van der Waals surface area contributed by atoms with Crippen LogP contribution in [-0.2, 0) is 6.54 Å². The van der Waals surface area contributed by atoms with Crippen LogP contribution in [0, 0.1) is 0 Å². The van der Waals surface area contributed by atoms with E-state index in [4.69, 9.17) is 27.9 Å². The van der Waals surface area contributed by atoms with Gasteiger partial charge in [-0.05, 0) is 55.0 Å². The predicted molar refractivity (Wildman–Crippen MR) is 120 cm³/mol. The van der Waals surface area contributed by atoms with Gasteiger partial charge in [0.05, 0.1) is 28.4 Å². The van der Waals surface area contributed by atoms with Crippen LogP contribution in [0.15, 0.2) is 66.7 Å². The Labute approximate surface area is 185 Å². The third-order valence-corrected chi connectivity index (χ3v) is 4.83. The molecule has 2 amide bonds. The van der Waals surface area contributed by atoms with Gasteiger partial charge in [-0.2, -0.15) is 0 Å². The maximum Gasteiger partial charge on any atom is 0.257 e. The van der Waals surface area contributed by atoms with Crippen LogP contribution < -0.4 is 15.4 Å². The van der Waals surface area contributed by atoms with Crippen LogP contribution in [0.5, 0.6) is 5.75 Å². The summed E-state index contributed by atoms with van der Waals surface area (Å²) in [7, 11) is 0. The molecule has 3 rings (SSSR count). The summed E-state index contributed by atoms with van der Waals surface area (Å²) in [5, 5.41) is 6.28. The first-order chi connectivity index (χ1) is 14.5. The first kappa shape index (κ1) is 21.7. The Kier molecular flexibility index (Phi) is 7.33. The minimum absolute atomic E-state index is 0.234. The Balaban J connectivity index is 1.69. The maximum absolute atomic E-state index is 12.7. The van der Waals surface area contributed by atoms with Crippen LogP contribution in [0.1, 0.15) is 33.2 Å². The van der Waals surface area contributed by atoms with E-state index in [1.165, 1.54) is 12.1 Å². The second-order valence-electron chi connectivity index (χ2n) is 6.38. The molecule has 0 spiro atoms. The largest absolute Gasteiger partial charge is 0.494 e. The molecule has 7 heteroatoms. The molecule has 0 aliphatic rings. The number of carbonyl (C=O) groups is 2. The molecular formula is C23H20Cl2N2O3. The highest BCUT2D eigenvalue weighted by atomic mass is 35.5. The van der Waals surface area contributed by atoms with Crippen LogP contribution in [0.4, 0.5) is 5.69 Å². The van der Waals surface area contributed by atoms with Crippen molar-refractivity contribution in [1.29, 1.82) is 0 Å². The first-order valence-corrected chi connectivity index (χ1v) is 10.1. The normalized spacial score (nSPS) is 10.4. The highest BCUT2D eigenvalue weighted by Crippen LogP contribution is 2.23. The third kappa shape index (κ3) is 5.53. The molecule has 0 saturated heterocycles. The molecular weight excluding hydrogens is 423 g/mol. The molecule has 3 aromatic carbocycles. The van der Waals surface area contributed by atoms with E-state index in [9.17, 15) is 9.59 Å². The summed E-state index contributed by atoms with van der Waals surface area (Å²) in [6.45, 7) is 2.86. The SMILES string of the molecule is CCOc1ccc(CNC(=O)c2ccccc2NC(=O)c2ccc(Cl)cc2Cl)cc1. The highest BCUT2D eigenvalue weighted by molar-refractivity contribution is 6.37. The summed E-state index contributed by atoms with van der Waals surface area (Å²) in [6.07, 6.45) is 0. The van der Waals surface area contributed by atoms with E-state index in [1.807, 2.05) is 31.2 Å². The number of benzene rings is 3. The Morgan fingerprint density at radius 3 is 2.33 bits per heavy atom. The fourth-order valence-electron chi connectivity index (χ4n) is 2.80. The summed E-state index contributed by atoms with van der Waals surface area (Å²) in [5.41, 5.74) is 1.94. The summed E-state index contributed by atoms with van der Waals surface area (Å²) < 4.78 is 5.42. The molecule has 0 aromatic heterocycles. The summed E-state index contributed by atoms with van der Waals surface area (Å²) >= 11 is 12.0. The summed E-state index contributed by atoms with van der Waals surface area (Å²) in [5.74, 6) is 0.0481. The fraction of sp³-hybridized carbons (Fsp3) is 0.130. The number of hydrogen-bond acceptors (Lipinski definition) is 3. The van der Waals surface area contributed by atoms with Crippen molar-refractivity contribution >= 4 is 40.7 Å². The van der Waals surface area contributed by atoms with Gasteiger partial charge in [0.1, 0.15) is 5.75 Å². The van der Waals surface area contributed by atoms with Crippen LogP contribution in [0.25, 0.3) is 0 Å². The van der Waals surface area contributed by atoms with Crippen molar-refractivity contribution < 1.29 is 14.3 Å². The van der Waals surface area contributed by atoms with Gasteiger partial charge >= 0.3 is 0 Å². The molecule has 2 N–H and O–H groups in total. The van der Waals surface area contributed by atoms with Gasteiger partial charge in [-0.3, -0.25) is 9.59 Å². The van der Waals surface area contributed by atoms with E-state index in [-0.39, 0.29) is 16.5 Å². The van der Waals surface area contributed by atoms with Crippen molar-refractivity contribution in [2.24, 2.45) is 0 Å². The van der Waals surface area contributed by atoms with E-state index in [0.717, 1.165) is 11.3 Å². The fourth-order valence-corrected chi connectivity index (χ4v) is 3.30. The van der Waals surface area contributed by atoms with E-state index in [0.29, 0.717) is 29.4 Å². The highest BCUT2D eigenvalue weighted by Gasteiger charge is 2.16. The number of nitrogens with one attached hydrogen (secondary N) is 2. The lowest BCUT2D eigenvalue weighted by atomic mass is 10.1. The number of para-hydroxylation sites is 1. The molecule has 0 atom stereocenters. The molecule has 0 unspecified atom stereocenters. The monoisotopic (exact) mass is 442 g/mol. The minimum Gasteiger partial charge on any atom is -0.494 e. The zero-order valence-electron chi connectivity index (χ0n) is 16.2. The average molecular weight is 443 g/mol. The van der Waals surface area contributed by atoms with Gasteiger partial charge in [0, 0.05) is 11.6 Å². The molecule has 3 aromatic rings. The predicted octanol–water partition coefficient (Wildman–Crippen LogP) is 5.57. The molecule has 0 aliphatic heterocycles. The Morgan fingerprint density at radius 1 is 0.900 bits per heavy atom. The number of amides is 2. The number of rotatable bonds is 7. The molecule has 0 saturated carbocycles. The lowest BCUT2D eigenvalue weighted by Crippen LogP contribution is -2.25. The number of anilines is 1. The average Bonchev–Trinajstić information content (AvgIpc) is 2.73. The molecule has 154 valence electrons. The first-order valence-electron chi connectivity index (χ1n) is 9.33. The van der Waals surface area contributed by atoms with Gasteiger partial charge in [-0.25, -0.2) is 0 Å². The lowest BCUT2D eigenvalue weighted by Gasteiger charge is -2.12. The zero-order valence-corrected chi connectivity index (χ0v) is 17.8. The van der Waals surface area contributed by atoms with Gasteiger partial charge in [-0.1, -0.05) is 47.5 Å². The topological polar surface area (TPSA) is 67.4 Å². The van der Waals surface area contributed by atoms with Crippen LogP contribution in [0.2, 0.25) is 10.0 Å². The third-order valence-electron chi connectivity index (χ3n) is 4.28. The zero-order chi connectivity index (χ0) is 21.5. The molecule has 0 radical (unpaired) electrons. The van der Waals surface area contributed by atoms with Crippen molar-refractivity contribution in [2.45, 2.75) is 13.5 Å². The van der Waals surface area contributed by atoms with Crippen molar-refractivity contribution in [2.75, 3.05) is 11.9 Å². The van der Waals surface area contributed by atoms with E-state index in [1.54, 1.807) is 30.3 Å². The number of ether oxygens (including phenoxy) is 1. The molecule has 0 heterocycles. The van der Waals surface area contributed by atoms with Gasteiger partial charge in [-0.15, -0.1) is 0 Å². The second-order valence-corrected chi connectivity index (χ2v) is 7.23. The van der Waals surface area contributed by atoms with Crippen molar-refractivity contribution in [1.82, 2.24) is 5.32 Å². The number of carbonyl (C=O) groups excluding carboxylic acids is 2. The van der Waals surface area contributed by atoms with Gasteiger partial charge < -0.3 is 15.4 Å². The van der Waals surface area contributed by atoms with Crippen LogP contribution >= 0.6 is 23.2 Å². The lowest BCUT2D eigenvalue weighted by molar-refractivity contribution is 0.0952. The summed E-state index contributed by atoms with van der Waals surface area (Å²) in [4.78, 5) is 25.3. The van der Waals surface area contributed by atoms with Crippen LogP contribution in [0.3, 0.4) is 0 Å². The molecule has 0 fully saturated rings. The maximum atomic E-state index is 12.7. The van der Waals surface area contributed by atoms with Gasteiger partial charge in [0.25, 0.3) is 11.8 Å². The Morgan fingerprint density at radius 2 is 1.63 bits per heavy atom. The van der Waals surface area contributed by atoms with Crippen molar-refractivity contribution in [3.63, 3.8) is 0 Å². The van der Waals surface area contributed by atoms with E-state index >= 15 is 0 Å². The second kappa shape index (κ2) is 10.1.